The highest BCUT2D eigenvalue weighted by Crippen LogP contribution is 2.33. The first-order valence-electron chi connectivity index (χ1n) is 10.2. The highest BCUT2D eigenvalue weighted by atomic mass is 35.5. The second-order valence-corrected chi connectivity index (χ2v) is 8.51. The summed E-state index contributed by atoms with van der Waals surface area (Å²) in [6.45, 7) is 1.73. The second kappa shape index (κ2) is 9.41. The fourth-order valence-corrected chi connectivity index (χ4v) is 3.91. The van der Waals surface area contributed by atoms with Crippen LogP contribution in [0.1, 0.15) is 6.92 Å². The molecule has 9 nitrogen and oxygen atoms in total. The summed E-state index contributed by atoms with van der Waals surface area (Å²) in [5.74, 6) is -3.14. The summed E-state index contributed by atoms with van der Waals surface area (Å²) in [6, 6.07) is 3.32. The van der Waals surface area contributed by atoms with Crippen molar-refractivity contribution in [2.45, 2.75) is 19.0 Å². The molecule has 1 aliphatic heterocycles. The van der Waals surface area contributed by atoms with E-state index in [9.17, 15) is 13.6 Å². The van der Waals surface area contributed by atoms with Crippen LogP contribution in [0.5, 0.6) is 5.75 Å². The van der Waals surface area contributed by atoms with Crippen molar-refractivity contribution in [2.75, 3.05) is 31.6 Å². The maximum Gasteiger partial charge on any atom is 0.326 e. The largest absolute Gasteiger partial charge is 0.489 e. The van der Waals surface area contributed by atoms with E-state index >= 15 is 0 Å². The first kappa shape index (κ1) is 23.7. The van der Waals surface area contributed by atoms with Crippen molar-refractivity contribution in [3.63, 3.8) is 0 Å². The molecule has 1 aromatic carbocycles. The Bertz CT molecular complexity index is 1220. The Hall–Kier alpha value is -2.47. The summed E-state index contributed by atoms with van der Waals surface area (Å²) >= 11 is 12.0. The molecule has 0 spiro atoms. The number of halogens is 4. The van der Waals surface area contributed by atoms with Crippen molar-refractivity contribution in [3.05, 3.63) is 39.1 Å². The molecular weight excluding hydrogens is 481 g/mol. The number of aromatic nitrogens is 4. The van der Waals surface area contributed by atoms with E-state index in [0.29, 0.717) is 22.5 Å². The highest BCUT2D eigenvalue weighted by molar-refractivity contribution is 6.33. The molecule has 3 N–H and O–H groups in total. The van der Waals surface area contributed by atoms with Crippen molar-refractivity contribution in [3.8, 4) is 5.75 Å². The quantitative estimate of drug-likeness (QED) is 0.336. The zero-order chi connectivity index (χ0) is 23.8. The number of aryl methyl sites for hydroxylation is 1. The molecule has 3 aromatic rings. The predicted octanol–water partition coefficient (Wildman–Crippen LogP) is 3.35. The van der Waals surface area contributed by atoms with Crippen LogP contribution in [0.25, 0.3) is 11.0 Å². The number of anilines is 2. The Morgan fingerprint density at radius 2 is 2.09 bits per heavy atom. The summed E-state index contributed by atoms with van der Waals surface area (Å²) in [5, 5.41) is 6.21. The van der Waals surface area contributed by atoms with Gasteiger partial charge in [-0.1, -0.05) is 18.5 Å². The molecule has 1 fully saturated rings. The van der Waals surface area contributed by atoms with Gasteiger partial charge in [-0.15, -0.1) is 0 Å². The van der Waals surface area contributed by atoms with Crippen molar-refractivity contribution < 1.29 is 18.3 Å². The second-order valence-electron chi connectivity index (χ2n) is 7.76. The van der Waals surface area contributed by atoms with E-state index in [1.54, 1.807) is 19.2 Å². The molecule has 0 unspecified atom stereocenters. The van der Waals surface area contributed by atoms with Crippen LogP contribution in [0.3, 0.4) is 0 Å². The number of benzene rings is 1. The number of alkyl halides is 2. The molecule has 0 bridgehead atoms. The lowest BCUT2D eigenvalue weighted by Gasteiger charge is -2.36. The molecule has 0 amide bonds. The van der Waals surface area contributed by atoms with Crippen LogP contribution in [0.4, 0.5) is 20.3 Å². The van der Waals surface area contributed by atoms with Gasteiger partial charge in [0.05, 0.1) is 18.3 Å². The summed E-state index contributed by atoms with van der Waals surface area (Å²) < 4.78 is 41.3. The lowest BCUT2D eigenvalue weighted by Crippen LogP contribution is -2.55. The number of hydrogen-bond donors (Lipinski definition) is 3. The van der Waals surface area contributed by atoms with Crippen molar-refractivity contribution in [1.82, 2.24) is 24.8 Å². The number of hydrogen-bond acceptors (Lipinski definition) is 7. The van der Waals surface area contributed by atoms with Crippen molar-refractivity contribution in [2.24, 2.45) is 13.0 Å². The topological polar surface area (TPSA) is 106 Å². The number of aromatic amines is 1. The molecule has 4 rings (SSSR count). The minimum absolute atomic E-state index is 0.00102. The molecule has 0 radical (unpaired) electrons. The molecule has 2 aromatic heterocycles. The minimum atomic E-state index is -2.93. The van der Waals surface area contributed by atoms with Crippen LogP contribution < -0.4 is 21.1 Å². The normalized spacial score (nSPS) is 20.2. The van der Waals surface area contributed by atoms with Crippen molar-refractivity contribution in [1.29, 1.82) is 0 Å². The molecular formula is C20H22Cl2F2N6O3. The van der Waals surface area contributed by atoms with Crippen LogP contribution in [-0.4, -0.2) is 57.8 Å². The SMILES string of the molecule is C[C@H]1CNC[C@@H](OCCOc2cc(Nc3nc(Cl)ncc3Cl)cc3[nH]c(=O)n(C)c23)C1(F)F. The summed E-state index contributed by atoms with van der Waals surface area (Å²) in [7, 11) is 1.59. The molecule has 2 atom stereocenters. The Morgan fingerprint density at radius 3 is 2.88 bits per heavy atom. The van der Waals surface area contributed by atoms with Gasteiger partial charge in [0, 0.05) is 37.8 Å². The number of piperidine rings is 1. The average Bonchev–Trinajstić information content (AvgIpc) is 3.04. The highest BCUT2D eigenvalue weighted by Gasteiger charge is 2.47. The van der Waals surface area contributed by atoms with Gasteiger partial charge >= 0.3 is 5.69 Å². The van der Waals surface area contributed by atoms with Crippen LogP contribution in [0.2, 0.25) is 10.3 Å². The van der Waals surface area contributed by atoms with Gasteiger partial charge in [-0.3, -0.25) is 4.57 Å². The van der Waals surface area contributed by atoms with Gasteiger partial charge < -0.3 is 25.1 Å². The van der Waals surface area contributed by atoms with E-state index in [-0.39, 0.29) is 48.1 Å². The van der Waals surface area contributed by atoms with Gasteiger partial charge in [0.2, 0.25) is 5.28 Å². The number of imidazole rings is 1. The van der Waals surface area contributed by atoms with Gasteiger partial charge in [0.25, 0.3) is 5.92 Å². The molecule has 33 heavy (non-hydrogen) atoms. The van der Waals surface area contributed by atoms with Gasteiger partial charge in [0.1, 0.15) is 29.0 Å². The van der Waals surface area contributed by atoms with E-state index in [2.05, 4.69) is 25.6 Å². The standard InChI is InChI=1S/C20H22Cl2F2N6O3/c1-10-7-25-9-15(20(10,23)24)33-4-3-32-14-6-11(5-13-16(14)30(2)19(31)28-13)27-17-12(21)8-26-18(22)29-17/h5-6,8,10,15,25H,3-4,7,9H2,1-2H3,(H,28,31)(H,26,27,29)/t10-,15+/m0/s1. The first-order valence-corrected chi connectivity index (χ1v) is 10.9. The number of rotatable bonds is 7. The Labute approximate surface area is 197 Å². The summed E-state index contributed by atoms with van der Waals surface area (Å²) in [4.78, 5) is 22.7. The maximum atomic E-state index is 14.3. The minimum Gasteiger partial charge on any atom is -0.489 e. The van der Waals surface area contributed by atoms with Gasteiger partial charge in [0.15, 0.2) is 5.82 Å². The third-order valence-electron chi connectivity index (χ3n) is 5.46. The molecule has 3 heterocycles. The van der Waals surface area contributed by atoms with Crippen LogP contribution in [-0.2, 0) is 11.8 Å². The Balaban J connectivity index is 1.52. The summed E-state index contributed by atoms with van der Waals surface area (Å²) in [6.07, 6.45) is 0.118. The Kier molecular flexibility index (Phi) is 6.76. The molecule has 1 saturated heterocycles. The van der Waals surface area contributed by atoms with Crippen LogP contribution in [0.15, 0.2) is 23.1 Å². The number of ether oxygens (including phenoxy) is 2. The lowest BCUT2D eigenvalue weighted by atomic mass is 9.94. The summed E-state index contributed by atoms with van der Waals surface area (Å²) in [5.41, 5.74) is 1.18. The molecule has 0 saturated carbocycles. The molecule has 0 aliphatic carbocycles. The Morgan fingerprint density at radius 1 is 1.30 bits per heavy atom. The molecule has 178 valence electrons. The number of nitrogens with one attached hydrogen (secondary N) is 3. The fourth-order valence-electron chi connectivity index (χ4n) is 3.63. The number of fused-ring (bicyclic) bond motifs is 1. The van der Waals surface area contributed by atoms with Gasteiger partial charge in [-0.05, 0) is 17.7 Å². The average molecular weight is 503 g/mol. The third kappa shape index (κ3) is 4.91. The van der Waals surface area contributed by atoms with E-state index in [1.807, 2.05) is 0 Å². The lowest BCUT2D eigenvalue weighted by molar-refractivity contribution is -0.179. The third-order valence-corrected chi connectivity index (χ3v) is 5.92. The zero-order valence-corrected chi connectivity index (χ0v) is 19.3. The van der Waals surface area contributed by atoms with Crippen LogP contribution in [0, 0.1) is 5.92 Å². The first-order chi connectivity index (χ1) is 15.7. The zero-order valence-electron chi connectivity index (χ0n) is 17.8. The van der Waals surface area contributed by atoms with Gasteiger partial charge in [-0.2, -0.15) is 4.98 Å². The maximum absolute atomic E-state index is 14.3. The monoisotopic (exact) mass is 502 g/mol. The van der Waals surface area contributed by atoms with E-state index in [4.69, 9.17) is 32.7 Å². The van der Waals surface area contributed by atoms with E-state index in [1.165, 1.54) is 17.7 Å². The molecule has 13 heteroatoms. The van der Waals surface area contributed by atoms with E-state index < -0.39 is 17.9 Å². The number of H-pyrrole nitrogens is 1. The molecule has 1 aliphatic rings. The predicted molar refractivity (Wildman–Crippen MR) is 121 cm³/mol. The van der Waals surface area contributed by atoms with Crippen molar-refractivity contribution >= 4 is 45.7 Å². The number of nitrogens with zero attached hydrogens (tertiary/aromatic N) is 3. The van der Waals surface area contributed by atoms with Gasteiger partial charge in [-0.25, -0.2) is 18.6 Å². The van der Waals surface area contributed by atoms with E-state index in [0.717, 1.165) is 0 Å². The smallest absolute Gasteiger partial charge is 0.326 e. The van der Waals surface area contributed by atoms with Crippen LogP contribution >= 0.6 is 23.2 Å². The fraction of sp³-hybridized carbons (Fsp3) is 0.450.